The van der Waals surface area contributed by atoms with E-state index >= 15 is 0 Å². The fraction of sp³-hybridized carbons (Fsp3) is 0.133. The third kappa shape index (κ3) is 5.64. The molecule has 1 atom stereocenters. The third-order valence-electron chi connectivity index (χ3n) is 5.83. The standard InChI is InChI=1S/C30H29N3/c1-3-23(24-8-10-25(11-9-24)28-6-4-16-32-20-28)18-22(2)19-30(31)27-14-12-26(13-15-27)29-7-5-17-33-21-29/h4-21,23H,3,31H2,1-2H3/b22-18-,30-19-. The van der Waals surface area contributed by atoms with Crippen LogP contribution < -0.4 is 5.73 Å². The maximum absolute atomic E-state index is 6.43. The van der Waals surface area contributed by atoms with Gasteiger partial charge >= 0.3 is 0 Å². The molecule has 0 saturated carbocycles. The molecule has 3 nitrogen and oxygen atoms in total. The zero-order valence-electron chi connectivity index (χ0n) is 19.1. The van der Waals surface area contributed by atoms with E-state index in [9.17, 15) is 0 Å². The van der Waals surface area contributed by atoms with Gasteiger partial charge in [-0.25, -0.2) is 0 Å². The lowest BCUT2D eigenvalue weighted by Gasteiger charge is -2.13. The molecule has 33 heavy (non-hydrogen) atoms. The van der Waals surface area contributed by atoms with Crippen molar-refractivity contribution < 1.29 is 0 Å². The number of nitrogens with two attached hydrogens (primary N) is 1. The average molecular weight is 432 g/mol. The molecule has 0 aliphatic carbocycles. The minimum absolute atomic E-state index is 0.338. The molecule has 0 radical (unpaired) electrons. The molecule has 0 fully saturated rings. The van der Waals surface area contributed by atoms with E-state index in [1.165, 1.54) is 11.1 Å². The SMILES string of the molecule is CCC(/C=C(C)\C=C(/N)c1ccc(-c2cccnc2)cc1)c1ccc(-c2cccnc2)cc1. The van der Waals surface area contributed by atoms with Crippen molar-refractivity contribution in [3.63, 3.8) is 0 Å². The molecule has 0 bridgehead atoms. The van der Waals surface area contributed by atoms with Crippen molar-refractivity contribution >= 4 is 5.70 Å². The maximum atomic E-state index is 6.43. The van der Waals surface area contributed by atoms with Crippen LogP contribution >= 0.6 is 0 Å². The van der Waals surface area contributed by atoms with E-state index < -0.39 is 0 Å². The molecule has 0 aliphatic rings. The summed E-state index contributed by atoms with van der Waals surface area (Å²) in [5, 5.41) is 0. The first-order valence-corrected chi connectivity index (χ1v) is 11.3. The Hall–Kier alpha value is -3.98. The lowest BCUT2D eigenvalue weighted by molar-refractivity contribution is 0.801. The van der Waals surface area contributed by atoms with Crippen molar-refractivity contribution in [2.24, 2.45) is 5.73 Å². The Morgan fingerprint density at radius 2 is 1.33 bits per heavy atom. The number of rotatable bonds is 7. The second kappa shape index (κ2) is 10.6. The van der Waals surface area contributed by atoms with Gasteiger partial charge in [0.1, 0.15) is 0 Å². The Bertz CT molecular complexity index is 1220. The van der Waals surface area contributed by atoms with Crippen molar-refractivity contribution in [2.45, 2.75) is 26.2 Å². The highest BCUT2D eigenvalue weighted by Gasteiger charge is 2.08. The van der Waals surface area contributed by atoms with Gasteiger partial charge in [0.15, 0.2) is 0 Å². The van der Waals surface area contributed by atoms with Crippen LogP contribution in [0.15, 0.2) is 115 Å². The van der Waals surface area contributed by atoms with E-state index in [1.807, 2.05) is 24.5 Å². The Kier molecular flexibility index (Phi) is 7.11. The Balaban J connectivity index is 1.49. The van der Waals surface area contributed by atoms with E-state index in [0.717, 1.165) is 39.9 Å². The summed E-state index contributed by atoms with van der Waals surface area (Å²) in [5.41, 5.74) is 15.2. The first kappa shape index (κ1) is 22.2. The van der Waals surface area contributed by atoms with Crippen molar-refractivity contribution in [1.82, 2.24) is 9.97 Å². The zero-order chi connectivity index (χ0) is 23.0. The number of hydrogen-bond donors (Lipinski definition) is 1. The van der Waals surface area contributed by atoms with Crippen LogP contribution in [0.5, 0.6) is 0 Å². The minimum atomic E-state index is 0.338. The van der Waals surface area contributed by atoms with Gasteiger partial charge in [-0.05, 0) is 64.9 Å². The number of allylic oxidation sites excluding steroid dienone is 3. The molecule has 0 saturated heterocycles. The monoisotopic (exact) mass is 431 g/mol. The van der Waals surface area contributed by atoms with E-state index in [-0.39, 0.29) is 0 Å². The Morgan fingerprint density at radius 1 is 0.788 bits per heavy atom. The third-order valence-corrected chi connectivity index (χ3v) is 5.83. The highest BCUT2D eigenvalue weighted by atomic mass is 14.6. The lowest BCUT2D eigenvalue weighted by Crippen LogP contribution is -1.98. The van der Waals surface area contributed by atoms with Crippen molar-refractivity contribution in [1.29, 1.82) is 0 Å². The largest absolute Gasteiger partial charge is 0.398 e. The molecule has 2 aromatic carbocycles. The molecule has 0 amide bonds. The molecule has 0 aliphatic heterocycles. The van der Waals surface area contributed by atoms with Crippen LogP contribution in [0.3, 0.4) is 0 Å². The molecule has 3 heteroatoms. The molecule has 2 aromatic heterocycles. The maximum Gasteiger partial charge on any atom is 0.0390 e. The van der Waals surface area contributed by atoms with Crippen molar-refractivity contribution in [3.8, 4) is 22.3 Å². The van der Waals surface area contributed by atoms with Crippen LogP contribution in [0.1, 0.15) is 37.3 Å². The quantitative estimate of drug-likeness (QED) is 0.314. The summed E-state index contributed by atoms with van der Waals surface area (Å²) in [6.45, 7) is 4.33. The minimum Gasteiger partial charge on any atom is -0.398 e. The van der Waals surface area contributed by atoms with Gasteiger partial charge in [0.2, 0.25) is 0 Å². The summed E-state index contributed by atoms with van der Waals surface area (Å²) in [5.74, 6) is 0.338. The van der Waals surface area contributed by atoms with Gasteiger partial charge in [-0.15, -0.1) is 0 Å². The van der Waals surface area contributed by atoms with Gasteiger partial charge in [0.05, 0.1) is 0 Å². The number of benzene rings is 2. The number of nitrogens with zero attached hydrogens (tertiary/aromatic N) is 2. The Morgan fingerprint density at radius 3 is 1.82 bits per heavy atom. The Labute approximate surface area is 196 Å². The summed E-state index contributed by atoms with van der Waals surface area (Å²) in [6, 6.07) is 25.1. The highest BCUT2D eigenvalue weighted by Crippen LogP contribution is 2.27. The average Bonchev–Trinajstić information content (AvgIpc) is 2.88. The van der Waals surface area contributed by atoms with Crippen LogP contribution in [0.4, 0.5) is 0 Å². The van der Waals surface area contributed by atoms with E-state index in [0.29, 0.717) is 5.92 Å². The summed E-state index contributed by atoms with van der Waals surface area (Å²) >= 11 is 0. The van der Waals surface area contributed by atoms with Crippen molar-refractivity contribution in [3.05, 3.63) is 126 Å². The lowest BCUT2D eigenvalue weighted by atomic mass is 9.92. The molecule has 4 aromatic rings. The molecule has 2 N–H and O–H groups in total. The molecule has 4 rings (SSSR count). The van der Waals surface area contributed by atoms with Gasteiger partial charge in [-0.3, -0.25) is 9.97 Å². The van der Waals surface area contributed by atoms with Crippen molar-refractivity contribution in [2.75, 3.05) is 0 Å². The topological polar surface area (TPSA) is 51.8 Å². The van der Waals surface area contributed by atoms with Crippen LogP contribution in [-0.4, -0.2) is 9.97 Å². The van der Waals surface area contributed by atoms with Gasteiger partial charge in [0.25, 0.3) is 0 Å². The molecule has 2 heterocycles. The number of aromatic nitrogens is 2. The van der Waals surface area contributed by atoms with Gasteiger partial charge < -0.3 is 5.73 Å². The zero-order valence-corrected chi connectivity index (χ0v) is 19.1. The van der Waals surface area contributed by atoms with Crippen LogP contribution in [-0.2, 0) is 0 Å². The predicted octanol–water partition coefficient (Wildman–Crippen LogP) is 7.25. The van der Waals surface area contributed by atoms with Gasteiger partial charge in [-0.2, -0.15) is 0 Å². The first-order valence-electron chi connectivity index (χ1n) is 11.3. The second-order valence-electron chi connectivity index (χ2n) is 8.21. The van der Waals surface area contributed by atoms with Crippen LogP contribution in [0, 0.1) is 0 Å². The smallest absolute Gasteiger partial charge is 0.0390 e. The number of pyridine rings is 2. The van der Waals surface area contributed by atoms with Crippen LogP contribution in [0.25, 0.3) is 28.0 Å². The van der Waals surface area contributed by atoms with Gasteiger partial charge in [0, 0.05) is 36.4 Å². The molecule has 1 unspecified atom stereocenters. The molecular formula is C30H29N3. The summed E-state index contributed by atoms with van der Waals surface area (Å²) in [4.78, 5) is 8.41. The molecular weight excluding hydrogens is 402 g/mol. The van der Waals surface area contributed by atoms with E-state index in [1.54, 1.807) is 12.4 Å². The first-order chi connectivity index (χ1) is 16.1. The van der Waals surface area contributed by atoms with Gasteiger partial charge in [-0.1, -0.05) is 79.2 Å². The fourth-order valence-corrected chi connectivity index (χ4v) is 3.99. The van der Waals surface area contributed by atoms with E-state index in [2.05, 4.69) is 96.6 Å². The summed E-state index contributed by atoms with van der Waals surface area (Å²) < 4.78 is 0. The fourth-order valence-electron chi connectivity index (χ4n) is 3.99. The van der Waals surface area contributed by atoms with E-state index in [4.69, 9.17) is 5.73 Å². The summed E-state index contributed by atoms with van der Waals surface area (Å²) in [7, 11) is 0. The predicted molar refractivity (Wildman–Crippen MR) is 138 cm³/mol. The molecule has 0 spiro atoms. The number of hydrogen-bond acceptors (Lipinski definition) is 3. The molecule has 164 valence electrons. The second-order valence-corrected chi connectivity index (χ2v) is 8.21. The summed E-state index contributed by atoms with van der Waals surface area (Å²) in [6.07, 6.45) is 12.7. The normalized spacial score (nSPS) is 13.0. The van der Waals surface area contributed by atoms with Crippen LogP contribution in [0.2, 0.25) is 0 Å². The highest BCUT2D eigenvalue weighted by molar-refractivity contribution is 5.70.